The van der Waals surface area contributed by atoms with Crippen molar-refractivity contribution in [2.45, 2.75) is 20.8 Å². The number of ether oxygens (including phenoxy) is 1. The number of aliphatic imine (C=N–C) groups is 1. The molecule has 0 unspecified atom stereocenters. The van der Waals surface area contributed by atoms with E-state index in [1.54, 1.807) is 17.0 Å². The fourth-order valence-electron chi connectivity index (χ4n) is 2.70. The number of amides is 1. The molecule has 2 aromatic rings. The largest absolute Gasteiger partial charge is 0.479 e. The quantitative estimate of drug-likeness (QED) is 0.685. The van der Waals surface area contributed by atoms with Crippen molar-refractivity contribution in [1.82, 2.24) is 4.90 Å². The van der Waals surface area contributed by atoms with Gasteiger partial charge in [-0.15, -0.1) is 0 Å². The summed E-state index contributed by atoms with van der Waals surface area (Å²) in [5.74, 6) is 0.584. The molecule has 1 aliphatic rings. The number of thioether (sulfide) groups is 1. The molecule has 0 spiro atoms. The number of amidine groups is 1. The Morgan fingerprint density at radius 1 is 1.18 bits per heavy atom. The Balaban J connectivity index is 1.84. The topological polar surface area (TPSA) is 65.7 Å². The average Bonchev–Trinajstić information content (AvgIpc) is 2.98. The summed E-state index contributed by atoms with van der Waals surface area (Å²) >= 11 is 1.38. The Labute approximate surface area is 169 Å². The third kappa shape index (κ3) is 4.44. The monoisotopic (exact) mass is 391 g/mol. The summed E-state index contributed by atoms with van der Waals surface area (Å²) in [7, 11) is 0. The number of carbonyl (C=O) groups excluding carboxylic acids is 1. The van der Waals surface area contributed by atoms with E-state index in [9.17, 15) is 4.79 Å². The Morgan fingerprint density at radius 2 is 1.93 bits per heavy atom. The van der Waals surface area contributed by atoms with Gasteiger partial charge in [0.05, 0.1) is 10.6 Å². The second-order valence-electron chi connectivity index (χ2n) is 6.34. The van der Waals surface area contributed by atoms with E-state index >= 15 is 0 Å². The molecule has 6 heteroatoms. The van der Waals surface area contributed by atoms with Crippen molar-refractivity contribution in [3.05, 3.63) is 64.1 Å². The number of likely N-dealkylation sites (N-methyl/N-ethyl adjacent to an activating group) is 1. The van der Waals surface area contributed by atoms with Gasteiger partial charge in [0.1, 0.15) is 11.8 Å². The Kier molecular flexibility index (Phi) is 6.17. The fraction of sp³-hybridized carbons (Fsp3) is 0.227. The van der Waals surface area contributed by atoms with Crippen LogP contribution < -0.4 is 4.74 Å². The van der Waals surface area contributed by atoms with Gasteiger partial charge in [-0.05, 0) is 79.6 Å². The molecule has 1 aliphatic heterocycles. The summed E-state index contributed by atoms with van der Waals surface area (Å²) < 4.78 is 5.26. The number of benzene rings is 2. The Bertz CT molecular complexity index is 988. The van der Waals surface area contributed by atoms with Gasteiger partial charge in [0.2, 0.25) is 0 Å². The maximum absolute atomic E-state index is 12.8. The third-order valence-corrected chi connectivity index (χ3v) is 5.41. The third-order valence-electron chi connectivity index (χ3n) is 4.40. The van der Waals surface area contributed by atoms with Crippen LogP contribution in [-0.2, 0) is 4.79 Å². The van der Waals surface area contributed by atoms with Crippen LogP contribution in [0.25, 0.3) is 6.08 Å². The van der Waals surface area contributed by atoms with Crippen molar-refractivity contribution in [3.8, 4) is 11.8 Å². The predicted octanol–water partition coefficient (Wildman–Crippen LogP) is 4.83. The van der Waals surface area contributed by atoms with Crippen molar-refractivity contribution in [2.75, 3.05) is 13.2 Å². The highest BCUT2D eigenvalue weighted by Crippen LogP contribution is 2.34. The van der Waals surface area contributed by atoms with Crippen molar-refractivity contribution < 1.29 is 9.53 Å². The maximum atomic E-state index is 12.8. The lowest BCUT2D eigenvalue weighted by Crippen LogP contribution is -2.28. The number of hydrogen-bond donors (Lipinski definition) is 0. The van der Waals surface area contributed by atoms with Gasteiger partial charge in [-0.25, -0.2) is 4.99 Å². The molecule has 1 amide bonds. The Morgan fingerprint density at radius 3 is 2.57 bits per heavy atom. The fourth-order valence-corrected chi connectivity index (χ4v) is 3.77. The number of nitriles is 1. The van der Waals surface area contributed by atoms with Crippen LogP contribution in [0.15, 0.2) is 52.4 Å². The molecule has 28 heavy (non-hydrogen) atoms. The molecule has 0 saturated carbocycles. The highest BCUT2D eigenvalue weighted by molar-refractivity contribution is 8.18. The number of nitrogens with zero attached hydrogens (tertiary/aromatic N) is 3. The first-order valence-corrected chi connectivity index (χ1v) is 9.80. The molecule has 1 saturated heterocycles. The average molecular weight is 391 g/mol. The smallest absolute Gasteiger partial charge is 0.266 e. The Hall–Kier alpha value is -3.04. The van der Waals surface area contributed by atoms with Crippen LogP contribution in [0.1, 0.15) is 23.6 Å². The van der Waals surface area contributed by atoms with E-state index in [2.05, 4.69) is 13.8 Å². The van der Waals surface area contributed by atoms with Gasteiger partial charge in [0.15, 0.2) is 11.8 Å². The van der Waals surface area contributed by atoms with E-state index in [0.717, 1.165) is 11.3 Å². The molecule has 1 fully saturated rings. The zero-order valence-electron chi connectivity index (χ0n) is 16.1. The number of hydrogen-bond acceptors (Lipinski definition) is 5. The molecule has 0 bridgehead atoms. The van der Waals surface area contributed by atoms with Gasteiger partial charge in [0, 0.05) is 6.54 Å². The first-order valence-electron chi connectivity index (χ1n) is 8.99. The lowest BCUT2D eigenvalue weighted by atomic mass is 10.1. The molecule has 5 nitrogen and oxygen atoms in total. The first kappa shape index (κ1) is 19.7. The zero-order valence-corrected chi connectivity index (χ0v) is 16.9. The number of carbonyl (C=O) groups is 1. The SMILES string of the molecule is CCN1C(=O)/C(=C/c2ccc(OCC#N)cc2)SC1=Nc1ccc(C)c(C)c1. The van der Waals surface area contributed by atoms with E-state index in [0.29, 0.717) is 22.4 Å². The highest BCUT2D eigenvalue weighted by Gasteiger charge is 2.32. The molecule has 0 aromatic heterocycles. The van der Waals surface area contributed by atoms with Crippen LogP contribution in [-0.4, -0.2) is 29.1 Å². The molecule has 1 heterocycles. The summed E-state index contributed by atoms with van der Waals surface area (Å²) in [5, 5.41) is 9.26. The zero-order chi connectivity index (χ0) is 20.1. The van der Waals surface area contributed by atoms with Crippen molar-refractivity contribution in [1.29, 1.82) is 5.26 Å². The molecule has 3 rings (SSSR count). The highest BCUT2D eigenvalue weighted by atomic mass is 32.2. The van der Waals surface area contributed by atoms with Gasteiger partial charge in [-0.2, -0.15) is 5.26 Å². The van der Waals surface area contributed by atoms with Gasteiger partial charge in [-0.3, -0.25) is 9.69 Å². The lowest BCUT2D eigenvalue weighted by Gasteiger charge is -2.12. The molecule has 0 N–H and O–H groups in total. The molecular formula is C22H21N3O2S. The van der Waals surface area contributed by atoms with Crippen LogP contribution >= 0.6 is 11.8 Å². The summed E-state index contributed by atoms with van der Waals surface area (Å²) in [4.78, 5) is 19.8. The second kappa shape index (κ2) is 8.77. The normalized spacial score (nSPS) is 16.6. The van der Waals surface area contributed by atoms with Gasteiger partial charge in [0.25, 0.3) is 5.91 Å². The van der Waals surface area contributed by atoms with Crippen LogP contribution in [0.4, 0.5) is 5.69 Å². The summed E-state index contributed by atoms with van der Waals surface area (Å²) in [5.41, 5.74) is 4.13. The standard InChI is InChI=1S/C22H21N3O2S/c1-4-25-21(26)20(14-17-6-9-19(10-7-17)27-12-11-23)28-22(25)24-18-8-5-15(2)16(3)13-18/h5-10,13-14H,4,12H2,1-3H3/b20-14-,24-22?. The molecule has 0 radical (unpaired) electrons. The molecule has 0 atom stereocenters. The van der Waals surface area contributed by atoms with Crippen LogP contribution in [0, 0.1) is 25.2 Å². The molecule has 2 aromatic carbocycles. The molecule has 0 aliphatic carbocycles. The van der Waals surface area contributed by atoms with Crippen molar-refractivity contribution >= 4 is 34.6 Å². The van der Waals surface area contributed by atoms with E-state index < -0.39 is 0 Å². The van der Waals surface area contributed by atoms with Crippen molar-refractivity contribution in [3.63, 3.8) is 0 Å². The minimum Gasteiger partial charge on any atom is -0.479 e. The summed E-state index contributed by atoms with van der Waals surface area (Å²) in [6.07, 6.45) is 1.85. The number of aryl methyl sites for hydroxylation is 2. The predicted molar refractivity (Wildman–Crippen MR) is 114 cm³/mol. The molecular weight excluding hydrogens is 370 g/mol. The van der Waals surface area contributed by atoms with E-state index in [1.807, 2.05) is 49.4 Å². The summed E-state index contributed by atoms with van der Waals surface area (Å²) in [6.45, 7) is 6.64. The minimum absolute atomic E-state index is 0.0124. The second-order valence-corrected chi connectivity index (χ2v) is 7.35. The van der Waals surface area contributed by atoms with E-state index in [1.165, 1.54) is 22.9 Å². The van der Waals surface area contributed by atoms with Crippen LogP contribution in [0.5, 0.6) is 5.75 Å². The first-order chi connectivity index (χ1) is 13.5. The van der Waals surface area contributed by atoms with Gasteiger partial charge >= 0.3 is 0 Å². The molecule has 142 valence electrons. The van der Waals surface area contributed by atoms with E-state index in [4.69, 9.17) is 15.0 Å². The van der Waals surface area contributed by atoms with Crippen molar-refractivity contribution in [2.24, 2.45) is 4.99 Å². The minimum atomic E-state index is -0.0418. The van der Waals surface area contributed by atoms with Gasteiger partial charge in [-0.1, -0.05) is 18.2 Å². The van der Waals surface area contributed by atoms with E-state index in [-0.39, 0.29) is 12.5 Å². The lowest BCUT2D eigenvalue weighted by molar-refractivity contribution is -0.122. The maximum Gasteiger partial charge on any atom is 0.266 e. The summed E-state index contributed by atoms with van der Waals surface area (Å²) in [6, 6.07) is 15.3. The van der Waals surface area contributed by atoms with Gasteiger partial charge < -0.3 is 4.74 Å². The van der Waals surface area contributed by atoms with Crippen LogP contribution in [0.2, 0.25) is 0 Å². The number of rotatable bonds is 5. The van der Waals surface area contributed by atoms with Crippen LogP contribution in [0.3, 0.4) is 0 Å².